The number of rotatable bonds is 22. The van der Waals surface area contributed by atoms with Gasteiger partial charge < -0.3 is 40.0 Å². The largest absolute Gasteiger partial charge is 0.392 e. The van der Waals surface area contributed by atoms with Crippen LogP contribution in [0.25, 0.3) is 11.0 Å². The number of amides is 3. The van der Waals surface area contributed by atoms with Crippen LogP contribution in [0.4, 0.5) is 5.69 Å². The summed E-state index contributed by atoms with van der Waals surface area (Å²) in [5.74, 6) is -0.847. The van der Waals surface area contributed by atoms with Gasteiger partial charge >= 0.3 is 0 Å². The molecule has 0 bridgehead atoms. The van der Waals surface area contributed by atoms with Crippen LogP contribution in [0.2, 0.25) is 0 Å². The Morgan fingerprint density at radius 2 is 1.36 bits per heavy atom. The lowest BCUT2D eigenvalue weighted by molar-refractivity contribution is -0.127. The van der Waals surface area contributed by atoms with Gasteiger partial charge in [0.25, 0.3) is 5.91 Å². The number of fused-ring (bicyclic) bond motifs is 1. The number of carbonyl (C=O) groups is 3. The fraction of sp³-hybridized carbons (Fsp3) is 0.469. The van der Waals surface area contributed by atoms with Gasteiger partial charge in [-0.2, -0.15) is 0 Å². The molecule has 4 N–H and O–H groups in total. The summed E-state index contributed by atoms with van der Waals surface area (Å²) in [6.07, 6.45) is 0.116. The normalized spacial score (nSPS) is 11.7. The molecule has 0 spiro atoms. The maximum Gasteiger partial charge on any atom is 0.251 e. The highest BCUT2D eigenvalue weighted by atomic mass is 79.9. The summed E-state index contributed by atoms with van der Waals surface area (Å²) >= 11 is 6.86. The van der Waals surface area contributed by atoms with Crippen LogP contribution in [0, 0.1) is 0 Å². The Bertz CT molecular complexity index is 1430. The summed E-state index contributed by atoms with van der Waals surface area (Å²) in [7, 11) is 0. The predicted molar refractivity (Wildman–Crippen MR) is 184 cm³/mol. The summed E-state index contributed by atoms with van der Waals surface area (Å²) in [6, 6.07) is 11.3. The molecule has 3 rings (SSSR count). The van der Waals surface area contributed by atoms with Gasteiger partial charge in [0.2, 0.25) is 11.8 Å². The van der Waals surface area contributed by atoms with E-state index in [9.17, 15) is 14.4 Å². The number of hydrogen-bond acceptors (Lipinski definition) is 10. The van der Waals surface area contributed by atoms with Crippen molar-refractivity contribution < 1.29 is 38.4 Å². The lowest BCUT2D eigenvalue weighted by Crippen LogP contribution is -2.41. The van der Waals surface area contributed by atoms with Gasteiger partial charge in [-0.3, -0.25) is 14.4 Å². The topological polar surface area (TPSA) is 170 Å². The van der Waals surface area contributed by atoms with E-state index in [1.54, 1.807) is 49.4 Å². The fourth-order valence-corrected chi connectivity index (χ4v) is 4.97. The molecule has 15 heteroatoms. The number of benzene rings is 2. The fourth-order valence-electron chi connectivity index (χ4n) is 4.07. The Balaban J connectivity index is 1.12. The van der Waals surface area contributed by atoms with Crippen LogP contribution >= 0.6 is 31.9 Å². The second-order valence-electron chi connectivity index (χ2n) is 10.2. The van der Waals surface area contributed by atoms with Crippen molar-refractivity contribution in [2.24, 2.45) is 0 Å². The molecule has 47 heavy (non-hydrogen) atoms. The minimum atomic E-state index is -0.715. The zero-order valence-electron chi connectivity index (χ0n) is 26.3. The summed E-state index contributed by atoms with van der Waals surface area (Å²) in [5, 5.41) is 18.5. The summed E-state index contributed by atoms with van der Waals surface area (Å²) < 4.78 is 21.9. The Labute approximate surface area is 290 Å². The number of aromatic nitrogens is 2. The number of aliphatic hydroxyl groups excluding tert-OH is 1. The summed E-state index contributed by atoms with van der Waals surface area (Å²) in [4.78, 5) is 46.1. The molecule has 3 aromatic rings. The highest BCUT2D eigenvalue weighted by Gasteiger charge is 2.16. The van der Waals surface area contributed by atoms with Crippen LogP contribution in [-0.4, -0.2) is 98.2 Å². The highest BCUT2D eigenvalue weighted by molar-refractivity contribution is 9.09. The Kier molecular flexibility index (Phi) is 17.8. The molecular weight excluding hydrogens is 742 g/mol. The van der Waals surface area contributed by atoms with E-state index in [0.29, 0.717) is 80.2 Å². The van der Waals surface area contributed by atoms with Crippen LogP contribution in [-0.2, 0) is 45.8 Å². The Hall–Kier alpha value is -3.05. The molecular formula is C32H41Br2N5O8. The number of aliphatic hydroxyl groups is 1. The van der Waals surface area contributed by atoms with Crippen molar-refractivity contribution in [3.8, 4) is 0 Å². The van der Waals surface area contributed by atoms with Gasteiger partial charge in [0, 0.05) is 34.9 Å². The molecule has 1 aromatic heterocycles. The molecule has 0 radical (unpaired) electrons. The van der Waals surface area contributed by atoms with E-state index in [1.807, 2.05) is 0 Å². The number of halogens is 2. The predicted octanol–water partition coefficient (Wildman–Crippen LogP) is 3.24. The second-order valence-corrected chi connectivity index (χ2v) is 11.3. The molecule has 1 atom stereocenters. The van der Waals surface area contributed by atoms with E-state index in [2.05, 4.69) is 57.8 Å². The highest BCUT2D eigenvalue weighted by Crippen LogP contribution is 2.19. The van der Waals surface area contributed by atoms with E-state index in [4.69, 9.17) is 24.1 Å². The summed E-state index contributed by atoms with van der Waals surface area (Å²) in [5.41, 5.74) is 4.92. The van der Waals surface area contributed by atoms with Crippen LogP contribution in [0.5, 0.6) is 0 Å². The molecule has 1 heterocycles. The van der Waals surface area contributed by atoms with E-state index < -0.39 is 6.04 Å². The third-order valence-corrected chi connectivity index (χ3v) is 7.69. The average molecular weight is 784 g/mol. The van der Waals surface area contributed by atoms with Crippen molar-refractivity contribution in [3.63, 3.8) is 0 Å². The van der Waals surface area contributed by atoms with E-state index in [0.717, 1.165) is 22.5 Å². The van der Waals surface area contributed by atoms with Crippen LogP contribution in [0.1, 0.15) is 40.7 Å². The number of nitrogens with zero attached hydrogens (tertiary/aromatic N) is 2. The number of carbonyl (C=O) groups excluding carboxylic acids is 3. The van der Waals surface area contributed by atoms with E-state index in [-0.39, 0.29) is 37.4 Å². The lowest BCUT2D eigenvalue weighted by atomic mass is 10.1. The lowest BCUT2D eigenvalue weighted by Gasteiger charge is -2.14. The molecule has 0 saturated carbocycles. The number of nitrogens with one attached hydrogen (secondary N) is 3. The molecule has 0 fully saturated rings. The van der Waals surface area contributed by atoms with Crippen molar-refractivity contribution in [2.45, 2.75) is 36.7 Å². The molecule has 0 saturated heterocycles. The van der Waals surface area contributed by atoms with Crippen molar-refractivity contribution in [2.75, 3.05) is 64.7 Å². The molecule has 3 amide bonds. The minimum absolute atomic E-state index is 0.0741. The molecule has 1 unspecified atom stereocenters. The number of hydrogen-bond donors (Lipinski definition) is 4. The zero-order chi connectivity index (χ0) is 33.9. The van der Waals surface area contributed by atoms with Gasteiger partial charge in [-0.15, -0.1) is 0 Å². The number of alkyl halides is 2. The molecule has 256 valence electrons. The monoisotopic (exact) mass is 781 g/mol. The first-order valence-electron chi connectivity index (χ1n) is 15.1. The van der Waals surface area contributed by atoms with Crippen LogP contribution < -0.4 is 16.0 Å². The quantitative estimate of drug-likeness (QED) is 0.0877. The minimum Gasteiger partial charge on any atom is -0.392 e. The molecule has 2 aromatic carbocycles. The second kappa shape index (κ2) is 21.8. The molecule has 0 aliphatic carbocycles. The SMILES string of the molecule is CC(NC(=O)CCOCCOCCOCCOCCNC(=O)c1ccc2nc(CBr)c(CBr)nc2c1)C(=O)Nc1ccc(CO)cc1. The van der Waals surface area contributed by atoms with Gasteiger partial charge in [0.15, 0.2) is 0 Å². The van der Waals surface area contributed by atoms with Crippen molar-refractivity contribution in [1.82, 2.24) is 20.6 Å². The first kappa shape index (κ1) is 38.4. The van der Waals surface area contributed by atoms with Gasteiger partial charge in [0.05, 0.1) is 81.9 Å². The first-order chi connectivity index (χ1) is 22.8. The van der Waals surface area contributed by atoms with Crippen LogP contribution in [0.15, 0.2) is 42.5 Å². The third-order valence-electron chi connectivity index (χ3n) is 6.63. The smallest absolute Gasteiger partial charge is 0.251 e. The third kappa shape index (κ3) is 13.9. The van der Waals surface area contributed by atoms with Crippen molar-refractivity contribution in [3.05, 3.63) is 65.0 Å². The summed E-state index contributed by atoms with van der Waals surface area (Å²) in [6.45, 7) is 4.68. The standard InChI is InChI=1S/C32H41Br2N5O8/c1-22(31(42)37-25-5-2-23(21-40)3-6-25)36-30(41)8-10-44-12-14-46-16-17-47-15-13-45-11-9-35-32(43)24-4-7-26-27(18-24)39-29(20-34)28(19-33)38-26/h2-7,18,22,40H,8-17,19-21H2,1H3,(H,35,43)(H,36,41)(H,37,42). The maximum absolute atomic E-state index is 12.5. The van der Waals surface area contributed by atoms with E-state index in [1.165, 1.54) is 0 Å². The van der Waals surface area contributed by atoms with Gasteiger partial charge in [-0.25, -0.2) is 9.97 Å². The Morgan fingerprint density at radius 3 is 1.96 bits per heavy atom. The van der Waals surface area contributed by atoms with Crippen LogP contribution in [0.3, 0.4) is 0 Å². The van der Waals surface area contributed by atoms with Crippen molar-refractivity contribution in [1.29, 1.82) is 0 Å². The molecule has 13 nitrogen and oxygen atoms in total. The van der Waals surface area contributed by atoms with Gasteiger partial charge in [0.1, 0.15) is 6.04 Å². The maximum atomic E-state index is 12.5. The zero-order valence-corrected chi connectivity index (χ0v) is 29.4. The molecule has 0 aliphatic heterocycles. The van der Waals surface area contributed by atoms with Gasteiger partial charge in [-0.05, 0) is 42.8 Å². The Morgan fingerprint density at radius 1 is 0.787 bits per heavy atom. The van der Waals surface area contributed by atoms with Gasteiger partial charge in [-0.1, -0.05) is 44.0 Å². The van der Waals surface area contributed by atoms with Crippen molar-refractivity contribution >= 4 is 66.3 Å². The number of ether oxygens (including phenoxy) is 4. The average Bonchev–Trinajstić information content (AvgIpc) is 3.09. The van der Waals surface area contributed by atoms with E-state index >= 15 is 0 Å². The number of anilines is 1. The molecule has 0 aliphatic rings. The first-order valence-corrected chi connectivity index (χ1v) is 17.4.